The van der Waals surface area contributed by atoms with Gasteiger partial charge in [0.15, 0.2) is 0 Å². The molecule has 1 aliphatic carbocycles. The average Bonchev–Trinajstić information content (AvgIpc) is 2.86. The maximum absolute atomic E-state index is 12.3. The Balaban J connectivity index is 2.00. The number of thioether (sulfide) groups is 1. The molecule has 1 aliphatic rings. The monoisotopic (exact) mass is 313 g/mol. The second-order valence-electron chi connectivity index (χ2n) is 4.90. The predicted molar refractivity (Wildman–Crippen MR) is 86.3 cm³/mol. The Bertz CT molecular complexity index is 483. The van der Waals surface area contributed by atoms with Gasteiger partial charge in [-0.05, 0) is 43.2 Å². The smallest absolute Gasteiger partial charge is 0.253 e. The minimum atomic E-state index is -0.118. The molecule has 0 radical (unpaired) electrons. The summed E-state index contributed by atoms with van der Waals surface area (Å²) in [6.45, 7) is 2.17. The van der Waals surface area contributed by atoms with Crippen molar-refractivity contribution in [3.05, 3.63) is 28.8 Å². The van der Waals surface area contributed by atoms with Crippen molar-refractivity contribution in [3.63, 3.8) is 0 Å². The zero-order valence-electron chi connectivity index (χ0n) is 11.5. The second-order valence-corrected chi connectivity index (χ2v) is 6.91. The van der Waals surface area contributed by atoms with Crippen molar-refractivity contribution in [2.24, 2.45) is 5.84 Å². The molecule has 0 bridgehead atoms. The summed E-state index contributed by atoms with van der Waals surface area (Å²) in [5.41, 5.74) is 3.61. The van der Waals surface area contributed by atoms with Gasteiger partial charge in [0, 0.05) is 16.3 Å². The Labute approximate surface area is 128 Å². The average molecular weight is 314 g/mol. The molecule has 0 spiro atoms. The Morgan fingerprint density at radius 3 is 3.00 bits per heavy atom. The number of benzene rings is 1. The molecule has 1 amide bonds. The van der Waals surface area contributed by atoms with Crippen LogP contribution in [0.15, 0.2) is 18.2 Å². The first-order chi connectivity index (χ1) is 9.63. The molecule has 4 nitrogen and oxygen atoms in total. The Kier molecular flexibility index (Phi) is 5.57. The van der Waals surface area contributed by atoms with E-state index in [-0.39, 0.29) is 11.9 Å². The van der Waals surface area contributed by atoms with Crippen molar-refractivity contribution in [2.75, 3.05) is 11.2 Å². The highest BCUT2D eigenvalue weighted by atomic mass is 35.5. The molecule has 0 aliphatic heterocycles. The summed E-state index contributed by atoms with van der Waals surface area (Å²) in [5.74, 6) is 6.44. The first-order valence-corrected chi connectivity index (χ1v) is 8.25. The van der Waals surface area contributed by atoms with Gasteiger partial charge < -0.3 is 10.7 Å². The maximum atomic E-state index is 12.3. The summed E-state index contributed by atoms with van der Waals surface area (Å²) in [7, 11) is 0. The van der Waals surface area contributed by atoms with Crippen LogP contribution in [0.25, 0.3) is 0 Å². The van der Waals surface area contributed by atoms with Crippen LogP contribution in [0.2, 0.25) is 5.02 Å². The van der Waals surface area contributed by atoms with Crippen molar-refractivity contribution >= 4 is 35.0 Å². The third-order valence-corrected chi connectivity index (χ3v) is 4.97. The highest BCUT2D eigenvalue weighted by Gasteiger charge is 2.26. The maximum Gasteiger partial charge on any atom is 0.253 e. The van der Waals surface area contributed by atoms with E-state index in [1.807, 2.05) is 11.8 Å². The highest BCUT2D eigenvalue weighted by molar-refractivity contribution is 7.99. The van der Waals surface area contributed by atoms with Gasteiger partial charge in [-0.3, -0.25) is 10.6 Å². The van der Waals surface area contributed by atoms with Crippen molar-refractivity contribution in [2.45, 2.75) is 37.5 Å². The molecule has 20 heavy (non-hydrogen) atoms. The molecule has 0 aromatic heterocycles. The molecule has 2 atom stereocenters. The summed E-state index contributed by atoms with van der Waals surface area (Å²) < 4.78 is 0. The molecule has 6 heteroatoms. The standard InChI is InChI=1S/C14H20ClN3OS/c1-2-20-11-5-4-10(8-11)17-14(19)12-7-9(15)3-6-13(12)18-16/h3,6-7,10-11,18H,2,4-5,8,16H2,1H3,(H,17,19). The van der Waals surface area contributed by atoms with Crippen molar-refractivity contribution in [1.29, 1.82) is 0 Å². The number of carbonyl (C=O) groups excluding carboxylic acids is 1. The topological polar surface area (TPSA) is 67.2 Å². The van der Waals surface area contributed by atoms with Gasteiger partial charge in [-0.15, -0.1) is 0 Å². The summed E-state index contributed by atoms with van der Waals surface area (Å²) in [6, 6.07) is 5.30. The van der Waals surface area contributed by atoms with E-state index >= 15 is 0 Å². The van der Waals surface area contributed by atoms with Crippen LogP contribution in [-0.2, 0) is 0 Å². The molecule has 0 heterocycles. The number of hydrogen-bond acceptors (Lipinski definition) is 4. The molecule has 1 aromatic rings. The fraction of sp³-hybridized carbons (Fsp3) is 0.500. The first-order valence-electron chi connectivity index (χ1n) is 6.82. The minimum Gasteiger partial charge on any atom is -0.349 e. The summed E-state index contributed by atoms with van der Waals surface area (Å²) in [5, 5.41) is 4.27. The number of amides is 1. The number of nitrogen functional groups attached to an aromatic ring is 1. The molecule has 1 saturated carbocycles. The van der Waals surface area contributed by atoms with Gasteiger partial charge in [-0.25, -0.2) is 0 Å². The lowest BCUT2D eigenvalue weighted by molar-refractivity contribution is 0.0939. The summed E-state index contributed by atoms with van der Waals surface area (Å²) >= 11 is 7.92. The molecule has 1 fully saturated rings. The number of hydrogen-bond donors (Lipinski definition) is 3. The van der Waals surface area contributed by atoms with Crippen LogP contribution in [0.4, 0.5) is 5.69 Å². The van der Waals surface area contributed by atoms with Crippen molar-refractivity contribution in [3.8, 4) is 0 Å². The number of nitrogens with two attached hydrogens (primary N) is 1. The third-order valence-electron chi connectivity index (χ3n) is 3.50. The zero-order chi connectivity index (χ0) is 14.5. The van der Waals surface area contributed by atoms with E-state index in [0.29, 0.717) is 21.5 Å². The third kappa shape index (κ3) is 3.81. The number of nitrogens with one attached hydrogen (secondary N) is 2. The summed E-state index contributed by atoms with van der Waals surface area (Å²) in [4.78, 5) is 12.3. The first kappa shape index (κ1) is 15.5. The van der Waals surface area contributed by atoms with Crippen LogP contribution in [-0.4, -0.2) is 23.0 Å². The number of rotatable bonds is 5. The van der Waals surface area contributed by atoms with E-state index < -0.39 is 0 Å². The van der Waals surface area contributed by atoms with Gasteiger partial charge in [-0.1, -0.05) is 18.5 Å². The molecule has 110 valence electrons. The fourth-order valence-corrected chi connectivity index (χ4v) is 3.87. The summed E-state index contributed by atoms with van der Waals surface area (Å²) in [6.07, 6.45) is 3.24. The lowest BCUT2D eigenvalue weighted by atomic mass is 10.1. The normalized spacial score (nSPS) is 21.8. The largest absolute Gasteiger partial charge is 0.349 e. The Morgan fingerprint density at radius 2 is 2.30 bits per heavy atom. The molecule has 1 aromatic carbocycles. The number of anilines is 1. The van der Waals surface area contributed by atoms with E-state index in [9.17, 15) is 4.79 Å². The molecule has 2 rings (SSSR count). The van der Waals surface area contributed by atoms with Gasteiger partial charge in [0.1, 0.15) is 0 Å². The number of halogens is 1. The van der Waals surface area contributed by atoms with E-state index in [0.717, 1.165) is 18.6 Å². The lowest BCUT2D eigenvalue weighted by Gasteiger charge is -2.15. The predicted octanol–water partition coefficient (Wildman–Crippen LogP) is 3.03. The molecule has 0 saturated heterocycles. The van der Waals surface area contributed by atoms with Gasteiger partial charge in [0.05, 0.1) is 11.3 Å². The van der Waals surface area contributed by atoms with E-state index in [1.54, 1.807) is 18.2 Å². The van der Waals surface area contributed by atoms with Gasteiger partial charge >= 0.3 is 0 Å². The van der Waals surface area contributed by atoms with Crippen LogP contribution >= 0.6 is 23.4 Å². The number of hydrazine groups is 1. The zero-order valence-corrected chi connectivity index (χ0v) is 13.1. The van der Waals surface area contributed by atoms with Gasteiger partial charge in [0.25, 0.3) is 5.91 Å². The highest BCUT2D eigenvalue weighted by Crippen LogP contribution is 2.30. The van der Waals surface area contributed by atoms with E-state index in [1.165, 1.54) is 6.42 Å². The molecular formula is C14H20ClN3OS. The van der Waals surface area contributed by atoms with Crippen molar-refractivity contribution < 1.29 is 4.79 Å². The second kappa shape index (κ2) is 7.20. The van der Waals surface area contributed by atoms with Crippen LogP contribution in [0.3, 0.4) is 0 Å². The number of carbonyl (C=O) groups is 1. The van der Waals surface area contributed by atoms with Crippen LogP contribution in [0.1, 0.15) is 36.5 Å². The Hall–Kier alpha value is -0.910. The van der Waals surface area contributed by atoms with E-state index in [2.05, 4.69) is 17.7 Å². The van der Waals surface area contributed by atoms with Gasteiger partial charge in [-0.2, -0.15) is 11.8 Å². The quantitative estimate of drug-likeness (QED) is 0.577. The fourth-order valence-electron chi connectivity index (χ4n) is 2.55. The molecule has 2 unspecified atom stereocenters. The van der Waals surface area contributed by atoms with Gasteiger partial charge in [0.2, 0.25) is 0 Å². The van der Waals surface area contributed by atoms with Crippen LogP contribution < -0.4 is 16.6 Å². The lowest BCUT2D eigenvalue weighted by Crippen LogP contribution is -2.33. The van der Waals surface area contributed by atoms with Crippen LogP contribution in [0.5, 0.6) is 0 Å². The molecule has 4 N–H and O–H groups in total. The van der Waals surface area contributed by atoms with Crippen LogP contribution in [0, 0.1) is 0 Å². The minimum absolute atomic E-state index is 0.118. The Morgan fingerprint density at radius 1 is 1.50 bits per heavy atom. The SMILES string of the molecule is CCSC1CCC(NC(=O)c2cc(Cl)ccc2NN)C1. The van der Waals surface area contributed by atoms with Crippen molar-refractivity contribution in [1.82, 2.24) is 5.32 Å². The van der Waals surface area contributed by atoms with E-state index in [4.69, 9.17) is 17.4 Å². The molecular weight excluding hydrogens is 294 g/mol.